The molecule has 10 heteroatoms. The van der Waals surface area contributed by atoms with Crippen molar-refractivity contribution in [3.05, 3.63) is 88.4 Å². The smallest absolute Gasteiger partial charge is 0.264 e. The number of amides is 2. The van der Waals surface area contributed by atoms with Crippen LogP contribution < -0.4 is 14.4 Å². The van der Waals surface area contributed by atoms with Crippen LogP contribution in [0.4, 0.5) is 5.69 Å². The zero-order valence-corrected chi connectivity index (χ0v) is 25.8. The number of hydrogen-bond donors (Lipinski definition) is 1. The van der Waals surface area contributed by atoms with Crippen molar-refractivity contribution in [3.63, 3.8) is 0 Å². The number of sulfonamides is 1. The van der Waals surface area contributed by atoms with Gasteiger partial charge < -0.3 is 15.0 Å². The fraction of sp³-hybridized carbons (Fsp3) is 0.333. The molecule has 0 spiro atoms. The number of benzene rings is 3. The topological polar surface area (TPSA) is 96.0 Å². The SMILES string of the molecule is COc1ccccc1N(CC(=O)N(Cc1ccc(Br)cc1)[C@H](C)C(=O)NCC(C)C)S(=O)(=O)c1ccc(C)cc1. The minimum absolute atomic E-state index is 0.0407. The van der Waals surface area contributed by atoms with Crippen molar-refractivity contribution in [2.24, 2.45) is 5.92 Å². The first-order valence-corrected chi connectivity index (χ1v) is 15.2. The number of methoxy groups -OCH3 is 1. The van der Waals surface area contributed by atoms with Gasteiger partial charge >= 0.3 is 0 Å². The third-order valence-electron chi connectivity index (χ3n) is 6.36. The summed E-state index contributed by atoms with van der Waals surface area (Å²) < 4.78 is 35.3. The number of aryl methyl sites for hydroxylation is 1. The fourth-order valence-corrected chi connectivity index (χ4v) is 5.70. The average molecular weight is 631 g/mol. The molecule has 3 aromatic carbocycles. The molecule has 0 aliphatic heterocycles. The average Bonchev–Trinajstić information content (AvgIpc) is 2.93. The normalized spacial score (nSPS) is 12.1. The van der Waals surface area contributed by atoms with Crippen molar-refractivity contribution in [2.75, 3.05) is 24.5 Å². The molecule has 0 bridgehead atoms. The second-order valence-corrected chi connectivity index (χ2v) is 12.7. The molecule has 0 aliphatic carbocycles. The van der Waals surface area contributed by atoms with Gasteiger partial charge in [-0.3, -0.25) is 13.9 Å². The maximum absolute atomic E-state index is 14.0. The number of anilines is 1. The van der Waals surface area contributed by atoms with E-state index < -0.39 is 28.5 Å². The van der Waals surface area contributed by atoms with E-state index in [1.165, 1.54) is 24.1 Å². The first kappa shape index (κ1) is 31.2. The lowest BCUT2D eigenvalue weighted by atomic mass is 10.1. The molecule has 0 unspecified atom stereocenters. The zero-order chi connectivity index (χ0) is 29.4. The number of hydrogen-bond acceptors (Lipinski definition) is 5. The van der Waals surface area contributed by atoms with E-state index in [2.05, 4.69) is 21.2 Å². The van der Waals surface area contributed by atoms with Crippen molar-refractivity contribution < 1.29 is 22.7 Å². The van der Waals surface area contributed by atoms with E-state index in [0.29, 0.717) is 12.3 Å². The molecule has 40 heavy (non-hydrogen) atoms. The molecular formula is C30H36BrN3O5S. The lowest BCUT2D eigenvalue weighted by molar-refractivity contribution is -0.139. The van der Waals surface area contributed by atoms with Gasteiger partial charge in [0.2, 0.25) is 11.8 Å². The van der Waals surface area contributed by atoms with Gasteiger partial charge in [-0.15, -0.1) is 0 Å². The van der Waals surface area contributed by atoms with Gasteiger partial charge in [0.15, 0.2) is 0 Å². The van der Waals surface area contributed by atoms with Crippen LogP contribution in [0.15, 0.2) is 82.2 Å². The number of rotatable bonds is 12. The summed E-state index contributed by atoms with van der Waals surface area (Å²) in [6, 6.07) is 19.6. The molecule has 2 amide bonds. The minimum Gasteiger partial charge on any atom is -0.495 e. The molecule has 0 aliphatic rings. The zero-order valence-electron chi connectivity index (χ0n) is 23.4. The Morgan fingerprint density at radius 2 is 1.57 bits per heavy atom. The summed E-state index contributed by atoms with van der Waals surface area (Å²) >= 11 is 3.42. The summed E-state index contributed by atoms with van der Waals surface area (Å²) in [7, 11) is -2.74. The van der Waals surface area contributed by atoms with Crippen molar-refractivity contribution in [1.82, 2.24) is 10.2 Å². The Labute approximate surface area is 245 Å². The molecule has 3 rings (SSSR count). The molecule has 0 heterocycles. The Morgan fingerprint density at radius 3 is 2.17 bits per heavy atom. The highest BCUT2D eigenvalue weighted by Crippen LogP contribution is 2.32. The first-order chi connectivity index (χ1) is 18.9. The van der Waals surface area contributed by atoms with Crippen LogP contribution in [0.25, 0.3) is 0 Å². The standard InChI is InChI=1S/C30H36BrN3O5S/c1-21(2)18-32-30(36)23(4)33(19-24-12-14-25(31)15-13-24)29(35)20-34(27-8-6-7-9-28(27)39-5)40(37,38)26-16-10-22(3)11-17-26/h6-17,21,23H,18-20H2,1-5H3,(H,32,36)/t23-/m1/s1. The Hall–Kier alpha value is -3.37. The number of nitrogens with one attached hydrogen (secondary N) is 1. The maximum atomic E-state index is 14.0. The molecule has 214 valence electrons. The molecule has 0 fully saturated rings. The maximum Gasteiger partial charge on any atom is 0.264 e. The Morgan fingerprint density at radius 1 is 0.950 bits per heavy atom. The molecule has 3 aromatic rings. The van der Waals surface area contributed by atoms with E-state index in [1.807, 2.05) is 45.0 Å². The number of ether oxygens (including phenoxy) is 1. The fourth-order valence-electron chi connectivity index (χ4n) is 4.01. The van der Waals surface area contributed by atoms with E-state index >= 15 is 0 Å². The third-order valence-corrected chi connectivity index (χ3v) is 8.66. The van der Waals surface area contributed by atoms with E-state index in [1.54, 1.807) is 43.3 Å². The van der Waals surface area contributed by atoms with Crippen LogP contribution in [0, 0.1) is 12.8 Å². The van der Waals surface area contributed by atoms with Crippen molar-refractivity contribution in [1.29, 1.82) is 0 Å². The molecule has 8 nitrogen and oxygen atoms in total. The highest BCUT2D eigenvalue weighted by atomic mass is 79.9. The Bertz CT molecular complexity index is 1410. The van der Waals surface area contributed by atoms with Crippen LogP contribution in [-0.4, -0.2) is 51.4 Å². The second kappa shape index (κ2) is 13.8. The molecule has 0 saturated carbocycles. The molecule has 0 radical (unpaired) electrons. The lowest BCUT2D eigenvalue weighted by Gasteiger charge is -2.32. The Kier molecular flexibility index (Phi) is 10.8. The summed E-state index contributed by atoms with van der Waals surface area (Å²) in [6.45, 7) is 7.52. The van der Waals surface area contributed by atoms with Gasteiger partial charge in [-0.05, 0) is 61.7 Å². The quantitative estimate of drug-likeness (QED) is 0.299. The molecule has 0 aromatic heterocycles. The predicted molar refractivity (Wildman–Crippen MR) is 161 cm³/mol. The van der Waals surface area contributed by atoms with Crippen LogP contribution in [-0.2, 0) is 26.2 Å². The largest absolute Gasteiger partial charge is 0.495 e. The summed E-state index contributed by atoms with van der Waals surface area (Å²) in [5, 5.41) is 2.88. The van der Waals surface area contributed by atoms with Crippen LogP contribution in [0.1, 0.15) is 31.9 Å². The van der Waals surface area contributed by atoms with E-state index in [0.717, 1.165) is 19.9 Å². The number of halogens is 1. The summed E-state index contributed by atoms with van der Waals surface area (Å²) in [5.41, 5.74) is 1.92. The minimum atomic E-state index is -4.18. The van der Waals surface area contributed by atoms with Crippen molar-refractivity contribution in [2.45, 2.75) is 45.2 Å². The molecule has 1 N–H and O–H groups in total. The number of para-hydroxylation sites is 2. The number of carbonyl (C=O) groups is 2. The van der Waals surface area contributed by atoms with Crippen LogP contribution in [0.2, 0.25) is 0 Å². The van der Waals surface area contributed by atoms with E-state index in [9.17, 15) is 18.0 Å². The number of carbonyl (C=O) groups excluding carboxylic acids is 2. The van der Waals surface area contributed by atoms with Gasteiger partial charge in [0.25, 0.3) is 10.0 Å². The lowest BCUT2D eigenvalue weighted by Crippen LogP contribution is -2.51. The summed E-state index contributed by atoms with van der Waals surface area (Å²) in [6.07, 6.45) is 0. The predicted octanol–water partition coefficient (Wildman–Crippen LogP) is 5.15. The van der Waals surface area contributed by atoms with E-state index in [-0.39, 0.29) is 29.0 Å². The molecular weight excluding hydrogens is 594 g/mol. The van der Waals surface area contributed by atoms with Gasteiger partial charge in [-0.1, -0.05) is 71.7 Å². The highest BCUT2D eigenvalue weighted by Gasteiger charge is 2.33. The van der Waals surface area contributed by atoms with Gasteiger partial charge in [0, 0.05) is 17.6 Å². The van der Waals surface area contributed by atoms with Crippen molar-refractivity contribution in [3.8, 4) is 5.75 Å². The van der Waals surface area contributed by atoms with Crippen LogP contribution >= 0.6 is 15.9 Å². The third kappa shape index (κ3) is 7.85. The van der Waals surface area contributed by atoms with Gasteiger partial charge in [-0.25, -0.2) is 8.42 Å². The monoisotopic (exact) mass is 629 g/mol. The van der Waals surface area contributed by atoms with Gasteiger partial charge in [0.1, 0.15) is 18.3 Å². The van der Waals surface area contributed by atoms with Gasteiger partial charge in [0.05, 0.1) is 17.7 Å². The molecule has 0 saturated heterocycles. The van der Waals surface area contributed by atoms with Crippen LogP contribution in [0.3, 0.4) is 0 Å². The van der Waals surface area contributed by atoms with Crippen molar-refractivity contribution >= 4 is 43.5 Å². The van der Waals surface area contributed by atoms with Gasteiger partial charge in [-0.2, -0.15) is 0 Å². The first-order valence-electron chi connectivity index (χ1n) is 13.0. The molecule has 1 atom stereocenters. The van der Waals surface area contributed by atoms with E-state index in [4.69, 9.17) is 4.74 Å². The Balaban J connectivity index is 2.04. The van der Waals surface area contributed by atoms with Crippen LogP contribution in [0.5, 0.6) is 5.75 Å². The number of nitrogens with zero attached hydrogens (tertiary/aromatic N) is 2. The summed E-state index contributed by atoms with van der Waals surface area (Å²) in [4.78, 5) is 28.5. The summed E-state index contributed by atoms with van der Waals surface area (Å²) in [5.74, 6) is -0.318. The second-order valence-electron chi connectivity index (χ2n) is 9.96. The highest BCUT2D eigenvalue weighted by molar-refractivity contribution is 9.10.